The monoisotopic (exact) mass is 512 g/mol. The van der Waals surface area contributed by atoms with E-state index < -0.39 is 0 Å². The van der Waals surface area contributed by atoms with Gasteiger partial charge in [0, 0.05) is 0 Å². The normalized spacial score (nSPS) is 11.3. The molecular weight excluding hydrogens is 481 g/mol. The molecule has 4 aromatic rings. The molecule has 0 saturated heterocycles. The van der Waals surface area contributed by atoms with Crippen molar-refractivity contribution in [2.45, 2.75) is 23.6 Å². The zero-order valence-electron chi connectivity index (χ0n) is 19.0. The van der Waals surface area contributed by atoms with Crippen LogP contribution in [0.3, 0.4) is 0 Å². The van der Waals surface area contributed by atoms with Gasteiger partial charge in [0.05, 0.1) is 0 Å². The van der Waals surface area contributed by atoms with E-state index in [9.17, 15) is 0 Å². The fraction of sp³-hybridized carbons (Fsp3) is 0.200. The third kappa shape index (κ3) is 7.62. The first kappa shape index (κ1) is 24.4. The summed E-state index contributed by atoms with van der Waals surface area (Å²) in [6.45, 7) is 0. The summed E-state index contributed by atoms with van der Waals surface area (Å²) in [6, 6.07) is 44.4. The fourth-order valence-corrected chi connectivity index (χ4v) is 10.2. The van der Waals surface area contributed by atoms with Crippen LogP contribution >= 0.6 is 15.8 Å². The van der Waals surface area contributed by atoms with Crippen LogP contribution in [0.5, 0.6) is 0 Å². The van der Waals surface area contributed by atoms with Crippen LogP contribution in [-0.4, -0.2) is 12.3 Å². The third-order valence-electron chi connectivity index (χ3n) is 5.48. The zero-order chi connectivity index (χ0) is 22.6. The van der Waals surface area contributed by atoms with Crippen molar-refractivity contribution in [3.63, 3.8) is 0 Å². The van der Waals surface area contributed by atoms with Crippen LogP contribution in [0.2, 0.25) is 10.8 Å². The summed E-state index contributed by atoms with van der Waals surface area (Å²) in [4.78, 5) is 0. The van der Waals surface area contributed by atoms with Gasteiger partial charge in [0.1, 0.15) is 0 Å². The van der Waals surface area contributed by atoms with E-state index in [-0.39, 0.29) is 15.8 Å². The Hall–Kier alpha value is -1.77. The van der Waals surface area contributed by atoms with E-state index in [0.29, 0.717) is 0 Å². The van der Waals surface area contributed by atoms with Gasteiger partial charge in [0.25, 0.3) is 0 Å². The van der Waals surface area contributed by atoms with E-state index in [1.165, 1.54) is 57.2 Å². The van der Waals surface area contributed by atoms with Crippen molar-refractivity contribution in [3.05, 3.63) is 121 Å². The molecule has 172 valence electrons. The molecule has 0 N–H and O–H groups in total. The molecule has 0 aromatic heterocycles. The molecule has 0 spiro atoms. The molecule has 4 rings (SSSR count). The summed E-state index contributed by atoms with van der Waals surface area (Å²) in [5.41, 5.74) is 0. The molecule has 0 radical (unpaired) electrons. The molecule has 0 aliphatic rings. The van der Waals surface area contributed by atoms with E-state index in [1.54, 1.807) is 0 Å². The molecule has 0 bridgehead atoms. The Labute approximate surface area is 208 Å². The van der Waals surface area contributed by atoms with Crippen molar-refractivity contribution in [2.24, 2.45) is 0 Å². The van der Waals surface area contributed by atoms with E-state index in [1.807, 2.05) is 14.4 Å². The Morgan fingerprint density at radius 3 is 0.939 bits per heavy atom. The number of hydrogen-bond donors (Lipinski definition) is 0. The SMILES string of the molecule is c1ccc(P(CC[CH2][Ni][CH2]CCP(c2ccccc2)c2ccccc2)c2ccccc2)cc1. The van der Waals surface area contributed by atoms with Crippen LogP contribution in [0.4, 0.5) is 0 Å². The molecule has 0 atom stereocenters. The first-order valence-electron chi connectivity index (χ1n) is 11.6. The quantitative estimate of drug-likeness (QED) is 0.109. The Bertz CT molecular complexity index is 874. The van der Waals surface area contributed by atoms with E-state index in [0.717, 1.165) is 0 Å². The molecule has 0 nitrogen and oxygen atoms in total. The maximum absolute atomic E-state index is 2.31. The van der Waals surface area contributed by atoms with Crippen molar-refractivity contribution < 1.29 is 14.4 Å². The molecule has 0 saturated carbocycles. The molecule has 0 aliphatic heterocycles. The van der Waals surface area contributed by atoms with Crippen LogP contribution in [0.25, 0.3) is 0 Å². The summed E-state index contributed by atoms with van der Waals surface area (Å²) >= 11 is 1.94. The van der Waals surface area contributed by atoms with Crippen molar-refractivity contribution in [3.8, 4) is 0 Å². The summed E-state index contributed by atoms with van der Waals surface area (Å²) in [5, 5.41) is 8.57. The third-order valence-corrected chi connectivity index (χ3v) is 12.1. The predicted molar refractivity (Wildman–Crippen MR) is 147 cm³/mol. The van der Waals surface area contributed by atoms with Crippen molar-refractivity contribution in [1.82, 2.24) is 0 Å². The average Bonchev–Trinajstić information content (AvgIpc) is 2.90. The molecule has 3 heteroatoms. The van der Waals surface area contributed by atoms with Crippen LogP contribution in [-0.2, 0) is 14.4 Å². The van der Waals surface area contributed by atoms with Crippen molar-refractivity contribution in [1.29, 1.82) is 0 Å². The van der Waals surface area contributed by atoms with Crippen LogP contribution < -0.4 is 21.2 Å². The molecule has 0 heterocycles. The molecule has 0 aliphatic carbocycles. The second-order valence-electron chi connectivity index (χ2n) is 7.83. The minimum absolute atomic E-state index is 0.253. The maximum atomic E-state index is 2.31. The minimum atomic E-state index is -0.253. The van der Waals surface area contributed by atoms with Crippen molar-refractivity contribution in [2.75, 3.05) is 12.3 Å². The Balaban J connectivity index is 1.25. The molecule has 0 unspecified atom stereocenters. The van der Waals surface area contributed by atoms with Crippen LogP contribution in [0.15, 0.2) is 121 Å². The standard InChI is InChI=1S/2C15H16P.Ni/c2*1-2-13-16(14-9-5-3-6-10-14)15-11-7-4-8-12-15;/h2*3-12H,1-2,13H2;. The molecular formula is C30H32NiP2. The summed E-state index contributed by atoms with van der Waals surface area (Å²) < 4.78 is 0. The summed E-state index contributed by atoms with van der Waals surface area (Å²) in [7, 11) is -0.506. The number of benzene rings is 4. The Kier molecular flexibility index (Phi) is 10.2. The zero-order valence-corrected chi connectivity index (χ0v) is 21.8. The second kappa shape index (κ2) is 13.8. The van der Waals surface area contributed by atoms with Gasteiger partial charge in [0.15, 0.2) is 0 Å². The average molecular weight is 513 g/mol. The predicted octanol–water partition coefficient (Wildman–Crippen LogP) is 6.95. The van der Waals surface area contributed by atoms with E-state index in [2.05, 4.69) is 121 Å². The van der Waals surface area contributed by atoms with Gasteiger partial charge in [-0.25, -0.2) is 0 Å². The summed E-state index contributed by atoms with van der Waals surface area (Å²) in [5.74, 6) is 0. The summed E-state index contributed by atoms with van der Waals surface area (Å²) in [6.07, 6.45) is 5.15. The number of rotatable bonds is 12. The fourth-order valence-electron chi connectivity index (χ4n) is 3.90. The van der Waals surface area contributed by atoms with Gasteiger partial charge in [-0.1, -0.05) is 0 Å². The first-order chi connectivity index (χ1) is 16.4. The molecule has 0 fully saturated rings. The van der Waals surface area contributed by atoms with Gasteiger partial charge in [0.2, 0.25) is 0 Å². The van der Waals surface area contributed by atoms with Gasteiger partial charge in [-0.3, -0.25) is 0 Å². The molecule has 0 amide bonds. The number of hydrogen-bond acceptors (Lipinski definition) is 0. The van der Waals surface area contributed by atoms with Gasteiger partial charge in [-0.05, 0) is 0 Å². The molecule has 4 aromatic carbocycles. The Morgan fingerprint density at radius 1 is 0.394 bits per heavy atom. The van der Waals surface area contributed by atoms with E-state index in [4.69, 9.17) is 0 Å². The van der Waals surface area contributed by atoms with Gasteiger partial charge >= 0.3 is 209 Å². The topological polar surface area (TPSA) is 0 Å². The second-order valence-corrected chi connectivity index (χ2v) is 14.0. The van der Waals surface area contributed by atoms with Crippen LogP contribution in [0, 0.1) is 0 Å². The molecule has 33 heavy (non-hydrogen) atoms. The van der Waals surface area contributed by atoms with Crippen LogP contribution in [0.1, 0.15) is 12.8 Å². The first-order valence-corrected chi connectivity index (χ1v) is 16.1. The van der Waals surface area contributed by atoms with Gasteiger partial charge in [-0.15, -0.1) is 0 Å². The Morgan fingerprint density at radius 2 is 0.667 bits per heavy atom. The van der Waals surface area contributed by atoms with Crippen molar-refractivity contribution >= 4 is 37.1 Å². The van der Waals surface area contributed by atoms with Gasteiger partial charge in [-0.2, -0.15) is 0 Å². The van der Waals surface area contributed by atoms with Gasteiger partial charge < -0.3 is 0 Å². The van der Waals surface area contributed by atoms with E-state index >= 15 is 0 Å².